The van der Waals surface area contributed by atoms with E-state index in [0.29, 0.717) is 18.7 Å². The highest BCUT2D eigenvalue weighted by molar-refractivity contribution is 5.94. The van der Waals surface area contributed by atoms with Crippen LogP contribution in [-0.2, 0) is 9.53 Å². The SMILES string of the molecule is COCC(=O)N1CCC(Oc2ccc(C(=O)NCC[C@@H]3C[C@@H]4C=C[C@H]3C4)cc2)CC1. The Hall–Kier alpha value is -2.34. The number of rotatable bonds is 8. The van der Waals surface area contributed by atoms with E-state index in [2.05, 4.69) is 17.5 Å². The second-order valence-electron chi connectivity index (χ2n) is 8.74. The highest BCUT2D eigenvalue weighted by Gasteiger charge is 2.35. The van der Waals surface area contributed by atoms with Crippen molar-refractivity contribution in [3.05, 3.63) is 42.0 Å². The van der Waals surface area contributed by atoms with Gasteiger partial charge in [0, 0.05) is 45.1 Å². The molecule has 1 N–H and O–H groups in total. The molecule has 1 heterocycles. The summed E-state index contributed by atoms with van der Waals surface area (Å²) in [6.07, 6.45) is 10.1. The molecule has 1 saturated heterocycles. The van der Waals surface area contributed by atoms with E-state index in [1.54, 1.807) is 0 Å². The minimum atomic E-state index is -0.0230. The van der Waals surface area contributed by atoms with Crippen LogP contribution >= 0.6 is 0 Å². The molecule has 3 atom stereocenters. The third-order valence-electron chi connectivity index (χ3n) is 6.70. The molecule has 2 fully saturated rings. The van der Waals surface area contributed by atoms with Crippen molar-refractivity contribution >= 4 is 11.8 Å². The summed E-state index contributed by atoms with van der Waals surface area (Å²) in [6.45, 7) is 2.24. The van der Waals surface area contributed by atoms with E-state index in [4.69, 9.17) is 9.47 Å². The van der Waals surface area contributed by atoms with Crippen LogP contribution in [0.1, 0.15) is 42.5 Å². The number of fused-ring (bicyclic) bond motifs is 2. The first-order chi connectivity index (χ1) is 14.6. The molecule has 1 aromatic carbocycles. The Morgan fingerprint density at radius 3 is 2.50 bits per heavy atom. The molecule has 2 bridgehead atoms. The number of allylic oxidation sites excluding steroid dienone is 2. The van der Waals surface area contributed by atoms with Gasteiger partial charge in [-0.1, -0.05) is 12.2 Å². The molecule has 4 rings (SSSR count). The van der Waals surface area contributed by atoms with Crippen LogP contribution < -0.4 is 10.1 Å². The van der Waals surface area contributed by atoms with Crippen LogP contribution in [0.4, 0.5) is 0 Å². The minimum absolute atomic E-state index is 0.0230. The first-order valence-electron chi connectivity index (χ1n) is 11.1. The van der Waals surface area contributed by atoms with E-state index in [-0.39, 0.29) is 24.5 Å². The van der Waals surface area contributed by atoms with Gasteiger partial charge in [0.2, 0.25) is 5.91 Å². The standard InChI is InChI=1S/C24H32N2O4/c1-29-16-23(27)26-12-9-22(10-13-26)30-21-6-4-18(5-7-21)24(28)25-11-8-20-15-17-2-3-19(20)14-17/h2-7,17,19-20,22H,8-16H2,1H3,(H,25,28)/t17-,19+,20-/m1/s1. The third kappa shape index (κ3) is 5.04. The number of carbonyl (C=O) groups is 2. The number of nitrogens with zero attached hydrogens (tertiary/aromatic N) is 1. The molecule has 30 heavy (non-hydrogen) atoms. The molecular weight excluding hydrogens is 380 g/mol. The van der Waals surface area contributed by atoms with Gasteiger partial charge in [0.25, 0.3) is 5.91 Å². The zero-order chi connectivity index (χ0) is 20.9. The number of methoxy groups -OCH3 is 1. The average Bonchev–Trinajstić information content (AvgIpc) is 3.38. The number of ether oxygens (including phenoxy) is 2. The number of hydrogen-bond donors (Lipinski definition) is 1. The molecule has 0 spiro atoms. The largest absolute Gasteiger partial charge is 0.490 e. The van der Waals surface area contributed by atoms with E-state index >= 15 is 0 Å². The van der Waals surface area contributed by atoms with Gasteiger partial charge in [-0.25, -0.2) is 0 Å². The molecule has 0 radical (unpaired) electrons. The first kappa shape index (κ1) is 20.9. The highest BCUT2D eigenvalue weighted by Crippen LogP contribution is 2.44. The van der Waals surface area contributed by atoms with Crippen LogP contribution in [0.5, 0.6) is 5.75 Å². The summed E-state index contributed by atoms with van der Waals surface area (Å²) >= 11 is 0. The van der Waals surface area contributed by atoms with Gasteiger partial charge in [0.15, 0.2) is 0 Å². The maximum atomic E-state index is 12.4. The van der Waals surface area contributed by atoms with Crippen molar-refractivity contribution in [2.24, 2.45) is 17.8 Å². The Morgan fingerprint density at radius 1 is 1.10 bits per heavy atom. The molecule has 2 aliphatic carbocycles. The van der Waals surface area contributed by atoms with Crippen molar-refractivity contribution in [3.63, 3.8) is 0 Å². The Balaban J connectivity index is 1.18. The number of piperidine rings is 1. The van der Waals surface area contributed by atoms with Crippen molar-refractivity contribution in [2.45, 2.75) is 38.2 Å². The first-order valence-corrected chi connectivity index (χ1v) is 11.1. The molecule has 3 aliphatic rings. The van der Waals surface area contributed by atoms with Crippen molar-refractivity contribution in [3.8, 4) is 5.75 Å². The molecule has 1 saturated carbocycles. The van der Waals surface area contributed by atoms with Crippen LogP contribution in [0.2, 0.25) is 0 Å². The van der Waals surface area contributed by atoms with E-state index in [1.165, 1.54) is 20.0 Å². The zero-order valence-electron chi connectivity index (χ0n) is 17.7. The van der Waals surface area contributed by atoms with Crippen molar-refractivity contribution < 1.29 is 19.1 Å². The van der Waals surface area contributed by atoms with Crippen molar-refractivity contribution in [2.75, 3.05) is 33.4 Å². The predicted octanol–water partition coefficient (Wildman–Crippen LogP) is 3.03. The topological polar surface area (TPSA) is 67.9 Å². The summed E-state index contributed by atoms with van der Waals surface area (Å²) in [4.78, 5) is 26.1. The number of amides is 2. The average molecular weight is 413 g/mol. The van der Waals surface area contributed by atoms with Crippen molar-refractivity contribution in [1.82, 2.24) is 10.2 Å². The van der Waals surface area contributed by atoms with Gasteiger partial charge in [0.1, 0.15) is 18.5 Å². The van der Waals surface area contributed by atoms with E-state index in [0.717, 1.165) is 49.3 Å². The fourth-order valence-corrected chi connectivity index (χ4v) is 5.01. The van der Waals surface area contributed by atoms with E-state index < -0.39 is 0 Å². The van der Waals surface area contributed by atoms with Crippen LogP contribution in [0.25, 0.3) is 0 Å². The Labute approximate surface area is 178 Å². The lowest BCUT2D eigenvalue weighted by molar-refractivity contribution is -0.136. The lowest BCUT2D eigenvalue weighted by atomic mass is 9.90. The molecule has 6 nitrogen and oxygen atoms in total. The Bertz CT molecular complexity index is 768. The van der Waals surface area contributed by atoms with E-state index in [1.807, 2.05) is 29.2 Å². The fraction of sp³-hybridized carbons (Fsp3) is 0.583. The molecule has 0 aromatic heterocycles. The second kappa shape index (κ2) is 9.65. The van der Waals surface area contributed by atoms with E-state index in [9.17, 15) is 9.59 Å². The van der Waals surface area contributed by atoms with Crippen LogP contribution in [0.3, 0.4) is 0 Å². The Kier molecular flexibility index (Phi) is 6.72. The maximum absolute atomic E-state index is 12.4. The summed E-state index contributed by atoms with van der Waals surface area (Å²) in [5.74, 6) is 3.01. The smallest absolute Gasteiger partial charge is 0.251 e. The summed E-state index contributed by atoms with van der Waals surface area (Å²) in [7, 11) is 1.54. The van der Waals surface area contributed by atoms with Crippen LogP contribution in [-0.4, -0.2) is 56.2 Å². The summed E-state index contributed by atoms with van der Waals surface area (Å²) < 4.78 is 11.0. The zero-order valence-corrected chi connectivity index (χ0v) is 17.7. The van der Waals surface area contributed by atoms with Gasteiger partial charge in [0.05, 0.1) is 0 Å². The van der Waals surface area contributed by atoms with Crippen LogP contribution in [0, 0.1) is 17.8 Å². The van der Waals surface area contributed by atoms with Gasteiger partial charge in [-0.05, 0) is 61.3 Å². The Morgan fingerprint density at radius 2 is 1.87 bits per heavy atom. The van der Waals surface area contributed by atoms with Crippen LogP contribution in [0.15, 0.2) is 36.4 Å². The molecular formula is C24H32N2O4. The van der Waals surface area contributed by atoms with Gasteiger partial charge in [-0.3, -0.25) is 9.59 Å². The van der Waals surface area contributed by atoms with Gasteiger partial charge >= 0.3 is 0 Å². The number of likely N-dealkylation sites (tertiary alicyclic amines) is 1. The molecule has 1 aromatic rings. The number of carbonyl (C=O) groups excluding carboxylic acids is 2. The lowest BCUT2D eigenvalue weighted by Crippen LogP contribution is -2.43. The monoisotopic (exact) mass is 412 g/mol. The molecule has 162 valence electrons. The number of nitrogens with one attached hydrogen (secondary N) is 1. The summed E-state index contributed by atoms with van der Waals surface area (Å²) in [5, 5.41) is 3.06. The number of benzene rings is 1. The lowest BCUT2D eigenvalue weighted by Gasteiger charge is -2.32. The van der Waals surface area contributed by atoms with Gasteiger partial charge in [-0.2, -0.15) is 0 Å². The van der Waals surface area contributed by atoms with Crippen molar-refractivity contribution in [1.29, 1.82) is 0 Å². The summed E-state index contributed by atoms with van der Waals surface area (Å²) in [6, 6.07) is 7.36. The molecule has 0 unspecified atom stereocenters. The normalized spacial score (nSPS) is 25.5. The molecule has 6 heteroatoms. The fourth-order valence-electron chi connectivity index (χ4n) is 5.01. The third-order valence-corrected chi connectivity index (χ3v) is 6.70. The number of hydrogen-bond acceptors (Lipinski definition) is 4. The highest BCUT2D eigenvalue weighted by atomic mass is 16.5. The second-order valence-corrected chi connectivity index (χ2v) is 8.74. The summed E-state index contributed by atoms with van der Waals surface area (Å²) in [5.41, 5.74) is 0.662. The maximum Gasteiger partial charge on any atom is 0.251 e. The van der Waals surface area contributed by atoms with Gasteiger partial charge < -0.3 is 19.7 Å². The molecule has 2 amide bonds. The minimum Gasteiger partial charge on any atom is -0.490 e. The van der Waals surface area contributed by atoms with Gasteiger partial charge in [-0.15, -0.1) is 0 Å². The predicted molar refractivity (Wildman–Crippen MR) is 114 cm³/mol. The quantitative estimate of drug-likeness (QED) is 0.667. The molecule has 1 aliphatic heterocycles.